The summed E-state index contributed by atoms with van der Waals surface area (Å²) in [6, 6.07) is 8.43. The van der Waals surface area contributed by atoms with Crippen LogP contribution in [0.3, 0.4) is 0 Å². The molecule has 0 aliphatic rings. The normalized spacial score (nSPS) is 13.0. The van der Waals surface area contributed by atoms with Crippen molar-refractivity contribution < 1.29 is 4.74 Å². The molecule has 0 spiro atoms. The summed E-state index contributed by atoms with van der Waals surface area (Å²) in [6.07, 6.45) is 0.239. The van der Waals surface area contributed by atoms with E-state index < -0.39 is 0 Å². The van der Waals surface area contributed by atoms with Crippen molar-refractivity contribution in [1.82, 2.24) is 5.43 Å². The number of nitrogens with two attached hydrogens (primary N) is 1. The van der Waals surface area contributed by atoms with Crippen LogP contribution in [0.2, 0.25) is 0 Å². The Labute approximate surface area is 116 Å². The van der Waals surface area contributed by atoms with Crippen molar-refractivity contribution in [1.29, 1.82) is 0 Å². The molecule has 0 radical (unpaired) electrons. The number of nitrogens with one attached hydrogen (secondary N) is 1. The van der Waals surface area contributed by atoms with Crippen LogP contribution >= 0.6 is 27.7 Å². The molecule has 1 atom stereocenters. The molecule has 0 saturated heterocycles. The number of halogens is 1. The maximum absolute atomic E-state index is 5.54. The van der Waals surface area contributed by atoms with Crippen molar-refractivity contribution in [3.8, 4) is 0 Å². The monoisotopic (exact) mass is 318 g/mol. The van der Waals surface area contributed by atoms with E-state index in [-0.39, 0.29) is 12.1 Å². The van der Waals surface area contributed by atoms with Crippen molar-refractivity contribution in [2.24, 2.45) is 5.84 Å². The molecule has 0 saturated carbocycles. The lowest BCUT2D eigenvalue weighted by Crippen LogP contribution is -2.41. The minimum Gasteiger partial charge on any atom is -0.377 e. The smallest absolute Gasteiger partial charge is 0.0644 e. The highest BCUT2D eigenvalue weighted by Crippen LogP contribution is 2.21. The topological polar surface area (TPSA) is 47.3 Å². The minimum absolute atomic E-state index is 0.172. The van der Waals surface area contributed by atoms with Gasteiger partial charge in [-0.1, -0.05) is 15.9 Å². The fraction of sp³-hybridized carbons (Fsp3) is 0.500. The summed E-state index contributed by atoms with van der Waals surface area (Å²) >= 11 is 5.19. The van der Waals surface area contributed by atoms with Gasteiger partial charge in [-0.3, -0.25) is 11.3 Å². The van der Waals surface area contributed by atoms with Gasteiger partial charge in [0.25, 0.3) is 0 Å². The van der Waals surface area contributed by atoms with E-state index in [1.54, 1.807) is 11.8 Å². The van der Waals surface area contributed by atoms with Gasteiger partial charge in [0.1, 0.15) is 0 Å². The highest BCUT2D eigenvalue weighted by Gasteiger charge is 2.08. The van der Waals surface area contributed by atoms with Crippen LogP contribution in [0.5, 0.6) is 0 Å². The van der Waals surface area contributed by atoms with Crippen LogP contribution in [0.4, 0.5) is 0 Å². The number of rotatable bonds is 7. The van der Waals surface area contributed by atoms with Gasteiger partial charge in [0.2, 0.25) is 0 Å². The van der Waals surface area contributed by atoms with E-state index in [4.69, 9.17) is 10.6 Å². The number of ether oxygens (including phenoxy) is 1. The second kappa shape index (κ2) is 8.11. The van der Waals surface area contributed by atoms with Gasteiger partial charge in [0, 0.05) is 15.1 Å². The third kappa shape index (κ3) is 6.43. The maximum atomic E-state index is 5.54. The fourth-order valence-corrected chi connectivity index (χ4v) is 2.36. The number of hydrogen-bond donors (Lipinski definition) is 2. The van der Waals surface area contributed by atoms with Gasteiger partial charge in [-0.15, -0.1) is 11.8 Å². The highest BCUT2D eigenvalue weighted by molar-refractivity contribution is 9.10. The quantitative estimate of drug-likeness (QED) is 0.461. The zero-order valence-electron chi connectivity index (χ0n) is 10.2. The first-order valence-corrected chi connectivity index (χ1v) is 7.35. The van der Waals surface area contributed by atoms with Crippen molar-refractivity contribution in [2.75, 3.05) is 12.4 Å². The molecule has 1 rings (SSSR count). The van der Waals surface area contributed by atoms with Crippen LogP contribution in [-0.2, 0) is 4.74 Å². The Morgan fingerprint density at radius 2 is 2.00 bits per heavy atom. The summed E-state index contributed by atoms with van der Waals surface area (Å²) in [7, 11) is 0. The minimum atomic E-state index is 0.172. The maximum Gasteiger partial charge on any atom is 0.0644 e. The van der Waals surface area contributed by atoms with E-state index in [0.717, 1.165) is 10.2 Å². The van der Waals surface area contributed by atoms with Crippen molar-refractivity contribution >= 4 is 27.7 Å². The molecule has 3 N–H and O–H groups in total. The SMILES string of the molecule is CC(C)OCC(CSc1ccc(Br)cc1)NN. The van der Waals surface area contributed by atoms with Gasteiger partial charge < -0.3 is 4.74 Å². The summed E-state index contributed by atoms with van der Waals surface area (Å²) in [5, 5.41) is 0. The van der Waals surface area contributed by atoms with Gasteiger partial charge in [-0.05, 0) is 38.1 Å². The molecule has 0 heterocycles. The van der Waals surface area contributed by atoms with Crippen molar-refractivity contribution in [3.05, 3.63) is 28.7 Å². The Morgan fingerprint density at radius 1 is 1.35 bits per heavy atom. The third-order valence-electron chi connectivity index (χ3n) is 2.13. The Balaban J connectivity index is 2.34. The molecule has 0 aliphatic heterocycles. The Kier molecular flexibility index (Phi) is 7.15. The van der Waals surface area contributed by atoms with Crippen LogP contribution < -0.4 is 11.3 Å². The Bertz CT molecular complexity index is 319. The van der Waals surface area contributed by atoms with E-state index >= 15 is 0 Å². The van der Waals surface area contributed by atoms with Crippen LogP contribution in [0.1, 0.15) is 13.8 Å². The second-order valence-corrected chi connectivity index (χ2v) is 6.02. The Morgan fingerprint density at radius 3 is 2.53 bits per heavy atom. The first-order valence-electron chi connectivity index (χ1n) is 5.58. The predicted octanol–water partition coefficient (Wildman–Crippen LogP) is 2.80. The van der Waals surface area contributed by atoms with E-state index in [9.17, 15) is 0 Å². The molecule has 96 valence electrons. The molecular weight excluding hydrogens is 300 g/mol. The summed E-state index contributed by atoms with van der Waals surface area (Å²) in [5.74, 6) is 6.39. The summed E-state index contributed by atoms with van der Waals surface area (Å²) < 4.78 is 6.63. The molecule has 1 unspecified atom stereocenters. The van der Waals surface area contributed by atoms with Gasteiger partial charge >= 0.3 is 0 Å². The second-order valence-electron chi connectivity index (χ2n) is 4.01. The number of benzene rings is 1. The van der Waals surface area contributed by atoms with Gasteiger partial charge in [-0.25, -0.2) is 0 Å². The Hall–Kier alpha value is -0.0700. The summed E-state index contributed by atoms with van der Waals surface area (Å²) in [4.78, 5) is 1.23. The fourth-order valence-electron chi connectivity index (χ4n) is 1.18. The zero-order valence-corrected chi connectivity index (χ0v) is 12.6. The van der Waals surface area contributed by atoms with E-state index in [1.807, 2.05) is 26.0 Å². The predicted molar refractivity (Wildman–Crippen MR) is 77.1 cm³/mol. The van der Waals surface area contributed by atoms with Gasteiger partial charge in [-0.2, -0.15) is 0 Å². The van der Waals surface area contributed by atoms with Gasteiger partial charge in [0.05, 0.1) is 18.8 Å². The van der Waals surface area contributed by atoms with Crippen LogP contribution in [0.25, 0.3) is 0 Å². The number of thioether (sulfide) groups is 1. The molecule has 0 aromatic heterocycles. The van der Waals surface area contributed by atoms with Crippen LogP contribution in [0, 0.1) is 0 Å². The zero-order chi connectivity index (χ0) is 12.7. The third-order valence-corrected chi connectivity index (χ3v) is 3.83. The van der Waals surface area contributed by atoms with E-state index in [0.29, 0.717) is 6.61 Å². The first kappa shape index (κ1) is 15.0. The average molecular weight is 319 g/mol. The standard InChI is InChI=1S/C12H19BrN2OS/c1-9(2)16-7-11(15-14)8-17-12-5-3-10(13)4-6-12/h3-6,9,11,15H,7-8,14H2,1-2H3. The lowest BCUT2D eigenvalue weighted by molar-refractivity contribution is 0.0655. The summed E-state index contributed by atoms with van der Waals surface area (Å²) in [5.41, 5.74) is 2.78. The van der Waals surface area contributed by atoms with Crippen LogP contribution in [-0.4, -0.2) is 24.5 Å². The molecular formula is C12H19BrN2OS. The van der Waals surface area contributed by atoms with Crippen LogP contribution in [0.15, 0.2) is 33.6 Å². The molecule has 0 aliphatic carbocycles. The van der Waals surface area contributed by atoms with Gasteiger partial charge in [0.15, 0.2) is 0 Å². The molecule has 0 amide bonds. The molecule has 5 heteroatoms. The van der Waals surface area contributed by atoms with E-state index in [1.165, 1.54) is 4.90 Å². The molecule has 17 heavy (non-hydrogen) atoms. The lowest BCUT2D eigenvalue weighted by Gasteiger charge is -2.17. The number of hydrazine groups is 1. The highest BCUT2D eigenvalue weighted by atomic mass is 79.9. The molecule has 1 aromatic carbocycles. The number of hydrogen-bond acceptors (Lipinski definition) is 4. The molecule has 0 bridgehead atoms. The van der Waals surface area contributed by atoms with E-state index in [2.05, 4.69) is 33.5 Å². The largest absolute Gasteiger partial charge is 0.377 e. The van der Waals surface area contributed by atoms with Crippen molar-refractivity contribution in [3.63, 3.8) is 0 Å². The molecule has 0 fully saturated rings. The van der Waals surface area contributed by atoms with Crippen molar-refractivity contribution in [2.45, 2.75) is 30.9 Å². The molecule has 3 nitrogen and oxygen atoms in total. The first-order chi connectivity index (χ1) is 8.11. The molecule has 1 aromatic rings. The summed E-state index contributed by atoms with van der Waals surface area (Å²) in [6.45, 7) is 4.68. The lowest BCUT2D eigenvalue weighted by atomic mass is 10.4. The average Bonchev–Trinajstić information content (AvgIpc) is 2.31.